The van der Waals surface area contributed by atoms with Crippen LogP contribution in [-0.4, -0.2) is 39.4 Å². The Morgan fingerprint density at radius 1 is 1.12 bits per heavy atom. The highest BCUT2D eigenvalue weighted by molar-refractivity contribution is 6.06. The summed E-state index contributed by atoms with van der Waals surface area (Å²) in [6.07, 6.45) is 6.96. The fourth-order valence-corrected chi connectivity index (χ4v) is 4.13. The molecular formula is C26H25FN6O. The van der Waals surface area contributed by atoms with E-state index in [-0.39, 0.29) is 11.5 Å². The molecule has 1 aromatic carbocycles. The topological polar surface area (TPSA) is 92.7 Å². The first kappa shape index (κ1) is 21.9. The molecule has 4 aromatic rings. The number of halogens is 1. The summed E-state index contributed by atoms with van der Waals surface area (Å²) in [7, 11) is 1.48. The molecule has 1 aliphatic carbocycles. The van der Waals surface area contributed by atoms with Crippen LogP contribution in [0.4, 0.5) is 10.2 Å². The van der Waals surface area contributed by atoms with E-state index < -0.39 is 11.7 Å². The molecule has 0 saturated heterocycles. The standard InChI is InChI=1S/C26H25FN6O/c1-15(18-4-3-5-19-24(26(34)28-2)20(27)13-31-25(18)19)11-30-23-10-22(32-14-33-23)17-8-9-21(29-12-17)16-6-7-16/h3-5,8-10,12-16H,6-7,11H2,1-2H3,(H,28,34)(H,30,32,33)/t15-/m1/s1. The van der Waals surface area contributed by atoms with Crippen LogP contribution in [0.25, 0.3) is 22.2 Å². The van der Waals surface area contributed by atoms with Crippen LogP contribution < -0.4 is 10.6 Å². The van der Waals surface area contributed by atoms with Crippen molar-refractivity contribution >= 4 is 22.6 Å². The Labute approximate surface area is 196 Å². The van der Waals surface area contributed by atoms with Gasteiger partial charge in [-0.1, -0.05) is 25.1 Å². The third kappa shape index (κ3) is 4.31. The zero-order chi connectivity index (χ0) is 23.7. The Morgan fingerprint density at radius 2 is 1.97 bits per heavy atom. The number of pyridine rings is 2. The number of para-hydroxylation sites is 1. The molecule has 3 aromatic heterocycles. The molecule has 1 fully saturated rings. The van der Waals surface area contributed by atoms with Crippen LogP contribution >= 0.6 is 0 Å². The zero-order valence-electron chi connectivity index (χ0n) is 19.0. The van der Waals surface area contributed by atoms with Gasteiger partial charge in [-0.05, 0) is 30.5 Å². The van der Waals surface area contributed by atoms with Gasteiger partial charge in [-0.15, -0.1) is 0 Å². The van der Waals surface area contributed by atoms with Gasteiger partial charge in [0.05, 0.1) is 23.0 Å². The SMILES string of the molecule is CNC(=O)c1c(F)cnc2c([C@H](C)CNc3cc(-c4ccc(C5CC5)nc4)ncn3)cccc12. The molecule has 2 N–H and O–H groups in total. The number of amides is 1. The van der Waals surface area contributed by atoms with Crippen molar-refractivity contribution in [1.82, 2.24) is 25.3 Å². The normalized spacial score (nSPS) is 14.1. The van der Waals surface area contributed by atoms with Crippen molar-refractivity contribution in [1.29, 1.82) is 0 Å². The number of rotatable bonds is 7. The van der Waals surface area contributed by atoms with Crippen molar-refractivity contribution in [3.05, 3.63) is 77.8 Å². The van der Waals surface area contributed by atoms with Gasteiger partial charge in [0.25, 0.3) is 5.91 Å². The van der Waals surface area contributed by atoms with E-state index in [9.17, 15) is 9.18 Å². The second kappa shape index (κ2) is 9.13. The first-order valence-corrected chi connectivity index (χ1v) is 11.4. The Bertz CT molecular complexity index is 1350. The largest absolute Gasteiger partial charge is 0.369 e. The highest BCUT2D eigenvalue weighted by Gasteiger charge is 2.24. The van der Waals surface area contributed by atoms with E-state index in [0.717, 1.165) is 28.7 Å². The second-order valence-corrected chi connectivity index (χ2v) is 8.62. The maximum atomic E-state index is 14.3. The molecule has 34 heavy (non-hydrogen) atoms. The van der Waals surface area contributed by atoms with Crippen molar-refractivity contribution < 1.29 is 9.18 Å². The number of hydrogen-bond acceptors (Lipinski definition) is 6. The van der Waals surface area contributed by atoms with E-state index in [1.54, 1.807) is 6.07 Å². The molecule has 0 radical (unpaired) electrons. The Hall–Kier alpha value is -3.94. The van der Waals surface area contributed by atoms with Gasteiger partial charge in [0.15, 0.2) is 5.82 Å². The monoisotopic (exact) mass is 456 g/mol. The smallest absolute Gasteiger partial charge is 0.254 e. The van der Waals surface area contributed by atoms with E-state index >= 15 is 0 Å². The predicted molar refractivity (Wildman–Crippen MR) is 129 cm³/mol. The lowest BCUT2D eigenvalue weighted by Gasteiger charge is -2.17. The first-order chi connectivity index (χ1) is 16.5. The first-order valence-electron chi connectivity index (χ1n) is 11.4. The van der Waals surface area contributed by atoms with Gasteiger partial charge in [0, 0.05) is 54.3 Å². The van der Waals surface area contributed by atoms with E-state index in [4.69, 9.17) is 0 Å². The number of benzene rings is 1. The molecule has 0 bridgehead atoms. The van der Waals surface area contributed by atoms with E-state index in [1.807, 2.05) is 24.4 Å². The molecule has 7 nitrogen and oxygen atoms in total. The van der Waals surface area contributed by atoms with Crippen LogP contribution in [0, 0.1) is 5.82 Å². The van der Waals surface area contributed by atoms with E-state index in [2.05, 4.69) is 49.6 Å². The molecule has 8 heteroatoms. The van der Waals surface area contributed by atoms with Gasteiger partial charge in [0.2, 0.25) is 0 Å². The maximum Gasteiger partial charge on any atom is 0.254 e. The lowest BCUT2D eigenvalue weighted by Crippen LogP contribution is -2.20. The lowest BCUT2D eigenvalue weighted by atomic mass is 9.96. The summed E-state index contributed by atoms with van der Waals surface area (Å²) in [5, 5.41) is 6.36. The molecule has 1 amide bonds. The van der Waals surface area contributed by atoms with E-state index in [0.29, 0.717) is 29.2 Å². The molecule has 0 spiro atoms. The minimum Gasteiger partial charge on any atom is -0.369 e. The summed E-state index contributed by atoms with van der Waals surface area (Å²) in [6, 6.07) is 11.5. The Kier molecular flexibility index (Phi) is 5.88. The maximum absolute atomic E-state index is 14.3. The van der Waals surface area contributed by atoms with Gasteiger partial charge in [0.1, 0.15) is 12.1 Å². The minimum absolute atomic E-state index is 0.0104. The van der Waals surface area contributed by atoms with Crippen molar-refractivity contribution in [2.45, 2.75) is 31.6 Å². The van der Waals surface area contributed by atoms with Crippen LogP contribution in [0.5, 0.6) is 0 Å². The number of carbonyl (C=O) groups is 1. The van der Waals surface area contributed by atoms with Crippen molar-refractivity contribution in [2.24, 2.45) is 0 Å². The summed E-state index contributed by atoms with van der Waals surface area (Å²) in [5.74, 6) is 0.236. The van der Waals surface area contributed by atoms with Gasteiger partial charge in [-0.3, -0.25) is 14.8 Å². The van der Waals surface area contributed by atoms with Gasteiger partial charge >= 0.3 is 0 Å². The molecule has 5 rings (SSSR count). The van der Waals surface area contributed by atoms with Crippen LogP contribution in [0.15, 0.2) is 55.1 Å². The fourth-order valence-electron chi connectivity index (χ4n) is 4.13. The zero-order valence-corrected chi connectivity index (χ0v) is 19.0. The minimum atomic E-state index is -0.636. The number of nitrogens with zero attached hydrogens (tertiary/aromatic N) is 4. The quantitative estimate of drug-likeness (QED) is 0.420. The number of fused-ring (bicyclic) bond motifs is 1. The second-order valence-electron chi connectivity index (χ2n) is 8.62. The molecular weight excluding hydrogens is 431 g/mol. The number of anilines is 1. The number of nitrogens with one attached hydrogen (secondary N) is 2. The average Bonchev–Trinajstić information content (AvgIpc) is 3.72. The number of carbonyl (C=O) groups excluding carboxylic acids is 1. The van der Waals surface area contributed by atoms with Crippen LogP contribution in [-0.2, 0) is 0 Å². The summed E-state index contributed by atoms with van der Waals surface area (Å²) in [4.78, 5) is 29.9. The van der Waals surface area contributed by atoms with Crippen LogP contribution in [0.2, 0.25) is 0 Å². The predicted octanol–water partition coefficient (Wildman–Crippen LogP) is 4.68. The molecule has 0 unspecified atom stereocenters. The molecule has 0 aliphatic heterocycles. The molecule has 3 heterocycles. The highest BCUT2D eigenvalue weighted by Crippen LogP contribution is 2.39. The lowest BCUT2D eigenvalue weighted by molar-refractivity contribution is 0.0960. The third-order valence-electron chi connectivity index (χ3n) is 6.20. The molecule has 1 saturated carbocycles. The average molecular weight is 457 g/mol. The molecule has 1 aliphatic rings. The summed E-state index contributed by atoms with van der Waals surface area (Å²) in [6.45, 7) is 2.62. The van der Waals surface area contributed by atoms with Crippen molar-refractivity contribution in [3.8, 4) is 11.3 Å². The summed E-state index contributed by atoms with van der Waals surface area (Å²) >= 11 is 0. The van der Waals surface area contributed by atoms with Crippen LogP contribution in [0.1, 0.15) is 53.2 Å². The molecule has 1 atom stereocenters. The van der Waals surface area contributed by atoms with Gasteiger partial charge < -0.3 is 10.6 Å². The van der Waals surface area contributed by atoms with Crippen LogP contribution in [0.3, 0.4) is 0 Å². The third-order valence-corrected chi connectivity index (χ3v) is 6.20. The van der Waals surface area contributed by atoms with Gasteiger partial charge in [-0.2, -0.15) is 0 Å². The van der Waals surface area contributed by atoms with Gasteiger partial charge in [-0.25, -0.2) is 14.4 Å². The number of aromatic nitrogens is 4. The highest BCUT2D eigenvalue weighted by atomic mass is 19.1. The van der Waals surface area contributed by atoms with E-state index in [1.165, 1.54) is 26.2 Å². The summed E-state index contributed by atoms with van der Waals surface area (Å²) < 4.78 is 14.3. The Balaban J connectivity index is 1.35. The van der Waals surface area contributed by atoms with Crippen molar-refractivity contribution in [3.63, 3.8) is 0 Å². The molecule has 172 valence electrons. The Morgan fingerprint density at radius 3 is 2.71 bits per heavy atom. The summed E-state index contributed by atoms with van der Waals surface area (Å²) in [5.41, 5.74) is 4.44. The van der Waals surface area contributed by atoms with Crippen molar-refractivity contribution in [2.75, 3.05) is 18.9 Å². The number of hydrogen-bond donors (Lipinski definition) is 2. The fraction of sp³-hybridized carbons (Fsp3) is 0.269.